The van der Waals surface area contributed by atoms with Crippen molar-refractivity contribution in [3.05, 3.63) is 75.0 Å². The molecule has 140 valence electrons. The summed E-state index contributed by atoms with van der Waals surface area (Å²) < 4.78 is 3.11. The normalized spacial score (nSPS) is 10.9. The molecular weight excluding hydrogens is 440 g/mol. The molecule has 0 aliphatic rings. The molecule has 0 saturated heterocycles. The first-order valence-electron chi connectivity index (χ1n) is 8.49. The summed E-state index contributed by atoms with van der Waals surface area (Å²) in [5, 5.41) is 7.58. The molecule has 0 fully saturated rings. The van der Waals surface area contributed by atoms with Crippen LogP contribution < -0.4 is 10.9 Å². The second-order valence-electron chi connectivity index (χ2n) is 6.26. The minimum atomic E-state index is -0.349. The molecule has 1 amide bonds. The highest BCUT2D eigenvalue weighted by molar-refractivity contribution is 9.10. The number of nitrogens with zero attached hydrogens (tertiary/aromatic N) is 3. The molecule has 2 heterocycles. The SMILES string of the molecule is Cc1ccc2nc(NC(=O)Cn3nc(-c4ccc(Br)cc4)ccc3=O)sc2c1. The summed E-state index contributed by atoms with van der Waals surface area (Å²) in [7, 11) is 0. The molecule has 0 unspecified atom stereocenters. The zero-order chi connectivity index (χ0) is 19.7. The predicted octanol–water partition coefficient (Wildman–Crippen LogP) is 4.23. The van der Waals surface area contributed by atoms with Crippen LogP contribution in [-0.4, -0.2) is 20.7 Å². The largest absolute Gasteiger partial charge is 0.300 e. The molecule has 2 aromatic carbocycles. The van der Waals surface area contributed by atoms with Gasteiger partial charge in [0.2, 0.25) is 5.91 Å². The smallest absolute Gasteiger partial charge is 0.267 e. The van der Waals surface area contributed by atoms with E-state index in [4.69, 9.17) is 0 Å². The lowest BCUT2D eigenvalue weighted by Crippen LogP contribution is -2.29. The van der Waals surface area contributed by atoms with Crippen molar-refractivity contribution in [2.45, 2.75) is 13.5 Å². The molecular formula is C20H15BrN4O2S. The average Bonchev–Trinajstić information content (AvgIpc) is 3.05. The van der Waals surface area contributed by atoms with E-state index in [1.807, 2.05) is 49.4 Å². The highest BCUT2D eigenvalue weighted by Gasteiger charge is 2.11. The molecule has 0 saturated carbocycles. The van der Waals surface area contributed by atoms with E-state index in [1.165, 1.54) is 17.4 Å². The molecule has 0 bridgehead atoms. The van der Waals surface area contributed by atoms with Crippen LogP contribution in [0.5, 0.6) is 0 Å². The number of fused-ring (bicyclic) bond motifs is 1. The van der Waals surface area contributed by atoms with Gasteiger partial charge in [-0.2, -0.15) is 5.10 Å². The summed E-state index contributed by atoms with van der Waals surface area (Å²) in [6, 6.07) is 16.6. The Kier molecular flexibility index (Phi) is 5.06. The lowest BCUT2D eigenvalue weighted by atomic mass is 10.1. The molecule has 6 nitrogen and oxygen atoms in total. The first-order chi connectivity index (χ1) is 13.5. The van der Waals surface area contributed by atoms with Crippen LogP contribution in [0, 0.1) is 6.92 Å². The molecule has 4 rings (SSSR count). The average molecular weight is 455 g/mol. The number of hydrogen-bond acceptors (Lipinski definition) is 5. The predicted molar refractivity (Wildman–Crippen MR) is 115 cm³/mol. The second-order valence-corrected chi connectivity index (χ2v) is 8.21. The number of amides is 1. The summed E-state index contributed by atoms with van der Waals surface area (Å²) in [6.07, 6.45) is 0. The van der Waals surface area contributed by atoms with Crippen LogP contribution in [0.25, 0.3) is 21.5 Å². The summed E-state index contributed by atoms with van der Waals surface area (Å²) >= 11 is 4.79. The van der Waals surface area contributed by atoms with Gasteiger partial charge in [0, 0.05) is 16.1 Å². The Bertz CT molecular complexity index is 1230. The van der Waals surface area contributed by atoms with Gasteiger partial charge < -0.3 is 5.32 Å². The van der Waals surface area contributed by atoms with Crippen LogP contribution in [0.4, 0.5) is 5.13 Å². The van der Waals surface area contributed by atoms with Crippen molar-refractivity contribution in [3.63, 3.8) is 0 Å². The molecule has 0 aliphatic carbocycles. The zero-order valence-corrected chi connectivity index (χ0v) is 17.3. The molecule has 8 heteroatoms. The number of aryl methyl sites for hydroxylation is 1. The first-order valence-corrected chi connectivity index (χ1v) is 10.1. The third kappa shape index (κ3) is 4.02. The number of aromatic nitrogens is 3. The van der Waals surface area contributed by atoms with Gasteiger partial charge in [0.15, 0.2) is 5.13 Å². The summed E-state index contributed by atoms with van der Waals surface area (Å²) in [6.45, 7) is 1.83. The Morgan fingerprint density at radius 2 is 1.93 bits per heavy atom. The monoisotopic (exact) mass is 454 g/mol. The number of nitrogens with one attached hydrogen (secondary N) is 1. The van der Waals surface area contributed by atoms with Crippen LogP contribution in [0.1, 0.15) is 5.56 Å². The van der Waals surface area contributed by atoms with E-state index in [0.717, 1.165) is 30.5 Å². The highest BCUT2D eigenvalue weighted by Crippen LogP contribution is 2.26. The fraction of sp³-hybridized carbons (Fsp3) is 0.100. The van der Waals surface area contributed by atoms with Crippen LogP contribution in [0.15, 0.2) is 63.9 Å². The van der Waals surface area contributed by atoms with Gasteiger partial charge >= 0.3 is 0 Å². The van der Waals surface area contributed by atoms with E-state index in [2.05, 4.69) is 31.3 Å². The van der Waals surface area contributed by atoms with Gasteiger partial charge in [-0.25, -0.2) is 9.67 Å². The molecule has 0 atom stereocenters. The van der Waals surface area contributed by atoms with Gasteiger partial charge in [-0.05, 0) is 42.8 Å². The van der Waals surface area contributed by atoms with Gasteiger partial charge in [-0.15, -0.1) is 0 Å². The number of rotatable bonds is 4. The first kappa shape index (κ1) is 18.5. The molecule has 4 aromatic rings. The fourth-order valence-electron chi connectivity index (χ4n) is 2.72. The van der Waals surface area contributed by atoms with Crippen molar-refractivity contribution < 1.29 is 4.79 Å². The van der Waals surface area contributed by atoms with Gasteiger partial charge in [0.1, 0.15) is 6.54 Å². The van der Waals surface area contributed by atoms with E-state index in [9.17, 15) is 9.59 Å². The van der Waals surface area contributed by atoms with Crippen LogP contribution in [-0.2, 0) is 11.3 Å². The van der Waals surface area contributed by atoms with Crippen molar-refractivity contribution in [1.82, 2.24) is 14.8 Å². The van der Waals surface area contributed by atoms with E-state index >= 15 is 0 Å². The quantitative estimate of drug-likeness (QED) is 0.500. The Morgan fingerprint density at radius 1 is 1.14 bits per heavy atom. The Balaban J connectivity index is 1.54. The standard InChI is InChI=1S/C20H15BrN4O2S/c1-12-2-7-16-17(10-12)28-20(22-16)23-18(26)11-25-19(27)9-8-15(24-25)13-3-5-14(21)6-4-13/h2-10H,11H2,1H3,(H,22,23,26). The lowest BCUT2D eigenvalue weighted by molar-refractivity contribution is -0.117. The molecule has 0 radical (unpaired) electrons. The molecule has 2 aromatic heterocycles. The minimum Gasteiger partial charge on any atom is -0.300 e. The Hall–Kier alpha value is -2.84. The number of hydrogen-bond donors (Lipinski definition) is 1. The number of anilines is 1. The van der Waals surface area contributed by atoms with Gasteiger partial charge in [-0.1, -0.05) is 45.5 Å². The van der Waals surface area contributed by atoms with Crippen molar-refractivity contribution in [2.75, 3.05) is 5.32 Å². The van der Waals surface area contributed by atoms with Gasteiger partial charge in [-0.3, -0.25) is 9.59 Å². The van der Waals surface area contributed by atoms with Crippen molar-refractivity contribution >= 4 is 48.5 Å². The molecule has 1 N–H and O–H groups in total. The minimum absolute atomic E-state index is 0.182. The Labute approximate surface area is 173 Å². The molecule has 28 heavy (non-hydrogen) atoms. The second kappa shape index (κ2) is 7.65. The van der Waals surface area contributed by atoms with E-state index in [-0.39, 0.29) is 18.0 Å². The maximum absolute atomic E-state index is 12.4. The van der Waals surface area contributed by atoms with Gasteiger partial charge in [0.25, 0.3) is 5.56 Å². The molecule has 0 spiro atoms. The molecule has 0 aliphatic heterocycles. The summed E-state index contributed by atoms with van der Waals surface area (Å²) in [5.41, 5.74) is 3.11. The Morgan fingerprint density at radius 3 is 2.71 bits per heavy atom. The van der Waals surface area contributed by atoms with Crippen molar-refractivity contribution in [2.24, 2.45) is 0 Å². The van der Waals surface area contributed by atoms with E-state index in [0.29, 0.717) is 10.8 Å². The van der Waals surface area contributed by atoms with Crippen LogP contribution >= 0.6 is 27.3 Å². The number of carbonyl (C=O) groups is 1. The number of halogens is 1. The van der Waals surface area contributed by atoms with Crippen LogP contribution in [0.3, 0.4) is 0 Å². The third-order valence-corrected chi connectivity index (χ3v) is 5.55. The van der Waals surface area contributed by atoms with Crippen LogP contribution in [0.2, 0.25) is 0 Å². The van der Waals surface area contributed by atoms with Crippen molar-refractivity contribution in [1.29, 1.82) is 0 Å². The zero-order valence-electron chi connectivity index (χ0n) is 14.8. The fourth-order valence-corrected chi connectivity index (χ4v) is 3.96. The third-order valence-electron chi connectivity index (χ3n) is 4.09. The number of thiazole rings is 1. The highest BCUT2D eigenvalue weighted by atomic mass is 79.9. The van der Waals surface area contributed by atoms with E-state index < -0.39 is 0 Å². The van der Waals surface area contributed by atoms with Gasteiger partial charge in [0.05, 0.1) is 15.9 Å². The summed E-state index contributed by atoms with van der Waals surface area (Å²) in [4.78, 5) is 28.9. The number of benzene rings is 2. The van der Waals surface area contributed by atoms with Crippen molar-refractivity contribution in [3.8, 4) is 11.3 Å². The van der Waals surface area contributed by atoms with E-state index in [1.54, 1.807) is 6.07 Å². The lowest BCUT2D eigenvalue weighted by Gasteiger charge is -2.07. The maximum atomic E-state index is 12.4. The number of carbonyl (C=O) groups excluding carboxylic acids is 1. The summed E-state index contributed by atoms with van der Waals surface area (Å²) in [5.74, 6) is -0.349. The topological polar surface area (TPSA) is 76.9 Å². The maximum Gasteiger partial charge on any atom is 0.267 e.